The molecule has 6 nitrogen and oxygen atoms in total. The highest BCUT2D eigenvalue weighted by atomic mass is 35.5. The first kappa shape index (κ1) is 23.6. The number of hydrogen-bond acceptors (Lipinski definition) is 6. The van der Waals surface area contributed by atoms with Crippen molar-refractivity contribution in [3.8, 4) is 11.5 Å². The van der Waals surface area contributed by atoms with E-state index in [-0.39, 0.29) is 18.3 Å². The summed E-state index contributed by atoms with van der Waals surface area (Å²) in [4.78, 5) is 22.2. The maximum absolute atomic E-state index is 13.5. The van der Waals surface area contributed by atoms with Crippen LogP contribution in [0.3, 0.4) is 0 Å². The number of carbonyl (C=O) groups excluding carboxylic acids is 1. The molecule has 0 radical (unpaired) electrons. The Hall–Kier alpha value is -2.06. The molecule has 0 unspecified atom stereocenters. The number of hydrogen-bond donors (Lipinski definition) is 0. The van der Waals surface area contributed by atoms with Crippen LogP contribution in [0.2, 0.25) is 5.02 Å². The zero-order valence-corrected chi connectivity index (χ0v) is 19.8. The molecule has 9 heteroatoms. The third-order valence-corrected chi connectivity index (χ3v) is 6.51. The summed E-state index contributed by atoms with van der Waals surface area (Å²) in [6.07, 6.45) is 0. The number of aromatic nitrogens is 1. The SMILES string of the molecule is CCN(CC)CCN(C(=O)c1ccc2c(c1)OCCO2)c1nc2c(Cl)cccc2s1.[Cl-]. The summed E-state index contributed by atoms with van der Waals surface area (Å²) in [7, 11) is 0. The van der Waals surface area contributed by atoms with Crippen molar-refractivity contribution in [2.45, 2.75) is 13.8 Å². The monoisotopic (exact) mass is 480 g/mol. The molecule has 3 aromatic rings. The Morgan fingerprint density at radius 3 is 2.55 bits per heavy atom. The standard InChI is InChI=1S/C22H24ClN3O3S.ClH/c1-3-25(4-2)10-11-26(22-24-20-16(23)6-5-7-19(20)30-22)21(27)15-8-9-17-18(14-15)29-13-12-28-17;/h5-9,14H,3-4,10-13H2,1-2H3;1H/p-1. The van der Waals surface area contributed by atoms with E-state index in [0.29, 0.717) is 47.0 Å². The van der Waals surface area contributed by atoms with Gasteiger partial charge in [-0.3, -0.25) is 9.69 Å². The number of carbonyl (C=O) groups is 1. The maximum atomic E-state index is 13.5. The van der Waals surface area contributed by atoms with Gasteiger partial charge in [0.15, 0.2) is 16.6 Å². The number of thiazole rings is 1. The fraction of sp³-hybridized carbons (Fsp3) is 0.364. The van der Waals surface area contributed by atoms with Gasteiger partial charge in [-0.15, -0.1) is 0 Å². The number of nitrogens with zero attached hydrogens (tertiary/aromatic N) is 3. The number of ether oxygens (including phenoxy) is 2. The fourth-order valence-corrected chi connectivity index (χ4v) is 4.71. The second-order valence-electron chi connectivity index (χ2n) is 6.93. The molecule has 0 aliphatic carbocycles. The molecule has 0 N–H and O–H groups in total. The van der Waals surface area contributed by atoms with Gasteiger partial charge in [0.1, 0.15) is 18.7 Å². The van der Waals surface area contributed by atoms with Gasteiger partial charge in [0.25, 0.3) is 5.91 Å². The average molecular weight is 481 g/mol. The van der Waals surface area contributed by atoms with E-state index in [0.717, 1.165) is 29.9 Å². The molecule has 4 rings (SSSR count). The smallest absolute Gasteiger partial charge is 0.260 e. The molecule has 2 heterocycles. The van der Waals surface area contributed by atoms with Crippen molar-refractivity contribution >= 4 is 44.2 Å². The molecule has 0 spiro atoms. The lowest BCUT2D eigenvalue weighted by atomic mass is 10.1. The van der Waals surface area contributed by atoms with E-state index in [1.807, 2.05) is 18.2 Å². The van der Waals surface area contributed by atoms with Gasteiger partial charge in [-0.25, -0.2) is 4.98 Å². The molecule has 1 amide bonds. The molecule has 1 aliphatic heterocycles. The van der Waals surface area contributed by atoms with Crippen molar-refractivity contribution in [3.05, 3.63) is 47.0 Å². The Morgan fingerprint density at radius 1 is 1.10 bits per heavy atom. The highest BCUT2D eigenvalue weighted by molar-refractivity contribution is 7.22. The first-order valence-corrected chi connectivity index (χ1v) is 11.3. The fourth-order valence-electron chi connectivity index (χ4n) is 3.42. The van der Waals surface area contributed by atoms with Gasteiger partial charge in [0, 0.05) is 18.7 Å². The van der Waals surface area contributed by atoms with Crippen molar-refractivity contribution in [1.82, 2.24) is 9.88 Å². The second kappa shape index (κ2) is 10.5. The number of para-hydroxylation sites is 1. The van der Waals surface area contributed by atoms with Gasteiger partial charge in [0.2, 0.25) is 0 Å². The highest BCUT2D eigenvalue weighted by Crippen LogP contribution is 2.35. The molecule has 0 saturated heterocycles. The number of anilines is 1. The zero-order chi connectivity index (χ0) is 21.1. The molecule has 31 heavy (non-hydrogen) atoms. The summed E-state index contributed by atoms with van der Waals surface area (Å²) in [6.45, 7) is 8.37. The number of benzene rings is 2. The van der Waals surface area contributed by atoms with Crippen LogP contribution >= 0.6 is 22.9 Å². The minimum atomic E-state index is -0.116. The summed E-state index contributed by atoms with van der Waals surface area (Å²) in [6, 6.07) is 11.0. The van der Waals surface area contributed by atoms with Gasteiger partial charge >= 0.3 is 0 Å². The first-order chi connectivity index (χ1) is 14.6. The summed E-state index contributed by atoms with van der Waals surface area (Å²) in [5.74, 6) is 1.15. The lowest BCUT2D eigenvalue weighted by Gasteiger charge is -2.25. The lowest BCUT2D eigenvalue weighted by molar-refractivity contribution is -0.0000142. The van der Waals surface area contributed by atoms with E-state index in [4.69, 9.17) is 26.1 Å². The Labute approximate surface area is 197 Å². The Kier molecular flexibility index (Phi) is 8.00. The van der Waals surface area contributed by atoms with Crippen LogP contribution in [0.25, 0.3) is 10.2 Å². The Bertz CT molecular complexity index is 1060. The number of amides is 1. The van der Waals surface area contributed by atoms with E-state index in [9.17, 15) is 4.79 Å². The third kappa shape index (κ3) is 5.06. The summed E-state index contributed by atoms with van der Waals surface area (Å²) in [5.41, 5.74) is 1.27. The summed E-state index contributed by atoms with van der Waals surface area (Å²) >= 11 is 7.80. The average Bonchev–Trinajstić information content (AvgIpc) is 3.21. The largest absolute Gasteiger partial charge is 1.00 e. The van der Waals surface area contributed by atoms with E-state index < -0.39 is 0 Å². The van der Waals surface area contributed by atoms with Crippen LogP contribution in [0.4, 0.5) is 5.13 Å². The lowest BCUT2D eigenvalue weighted by Crippen LogP contribution is -3.00. The van der Waals surface area contributed by atoms with Crippen molar-refractivity contribution in [1.29, 1.82) is 0 Å². The minimum Gasteiger partial charge on any atom is -1.00 e. The van der Waals surface area contributed by atoms with E-state index >= 15 is 0 Å². The van der Waals surface area contributed by atoms with Crippen LogP contribution in [0.5, 0.6) is 11.5 Å². The maximum Gasteiger partial charge on any atom is 0.260 e. The first-order valence-electron chi connectivity index (χ1n) is 10.1. The highest BCUT2D eigenvalue weighted by Gasteiger charge is 2.24. The predicted molar refractivity (Wildman–Crippen MR) is 122 cm³/mol. The molecule has 166 valence electrons. The molecular formula is C22H24Cl2N3O3S-. The Balaban J connectivity index is 0.00000272. The molecule has 2 aromatic carbocycles. The topological polar surface area (TPSA) is 54.9 Å². The van der Waals surface area contributed by atoms with E-state index in [2.05, 4.69) is 18.7 Å². The quantitative estimate of drug-likeness (QED) is 0.515. The van der Waals surface area contributed by atoms with Gasteiger partial charge < -0.3 is 26.8 Å². The molecule has 1 aromatic heterocycles. The minimum absolute atomic E-state index is 0. The molecule has 0 atom stereocenters. The van der Waals surface area contributed by atoms with Crippen molar-refractivity contribution < 1.29 is 26.7 Å². The Morgan fingerprint density at radius 2 is 1.84 bits per heavy atom. The van der Waals surface area contributed by atoms with Crippen LogP contribution in [0, 0.1) is 0 Å². The van der Waals surface area contributed by atoms with Gasteiger partial charge in [-0.2, -0.15) is 0 Å². The third-order valence-electron chi connectivity index (χ3n) is 5.16. The molecule has 0 fully saturated rings. The van der Waals surface area contributed by atoms with Crippen LogP contribution in [-0.2, 0) is 0 Å². The van der Waals surface area contributed by atoms with Gasteiger partial charge in [0.05, 0.1) is 9.72 Å². The summed E-state index contributed by atoms with van der Waals surface area (Å²) in [5, 5.41) is 1.23. The number of rotatable bonds is 7. The van der Waals surface area contributed by atoms with Crippen molar-refractivity contribution in [2.24, 2.45) is 0 Å². The van der Waals surface area contributed by atoms with Crippen molar-refractivity contribution in [2.75, 3.05) is 44.3 Å². The predicted octanol–water partition coefficient (Wildman–Crippen LogP) is 1.71. The van der Waals surface area contributed by atoms with Crippen molar-refractivity contribution in [3.63, 3.8) is 0 Å². The number of halogens is 2. The van der Waals surface area contributed by atoms with Gasteiger partial charge in [-0.05, 0) is 43.4 Å². The second-order valence-corrected chi connectivity index (χ2v) is 8.34. The molecular weight excluding hydrogens is 457 g/mol. The molecule has 0 bridgehead atoms. The van der Waals surface area contributed by atoms with E-state index in [1.165, 1.54) is 11.3 Å². The normalized spacial score (nSPS) is 12.6. The van der Waals surface area contributed by atoms with E-state index in [1.54, 1.807) is 23.1 Å². The molecule has 1 aliphatic rings. The van der Waals surface area contributed by atoms with Gasteiger partial charge in [-0.1, -0.05) is 42.9 Å². The van der Waals surface area contributed by atoms with Crippen LogP contribution in [0.1, 0.15) is 24.2 Å². The molecule has 0 saturated carbocycles. The van der Waals surface area contributed by atoms with Crippen LogP contribution in [-0.4, -0.2) is 55.2 Å². The summed E-state index contributed by atoms with van der Waals surface area (Å²) < 4.78 is 12.2. The number of fused-ring (bicyclic) bond motifs is 2. The zero-order valence-electron chi connectivity index (χ0n) is 17.4. The number of likely N-dealkylation sites (N-methyl/N-ethyl adjacent to an activating group) is 1. The van der Waals surface area contributed by atoms with Crippen LogP contribution < -0.4 is 26.8 Å². The van der Waals surface area contributed by atoms with Crippen LogP contribution in [0.15, 0.2) is 36.4 Å².